The normalized spacial score (nSPS) is 11.4. The van der Waals surface area contributed by atoms with Crippen molar-refractivity contribution >= 4 is 63.5 Å². The van der Waals surface area contributed by atoms with Gasteiger partial charge in [-0.3, -0.25) is 4.72 Å². The van der Waals surface area contributed by atoms with Crippen molar-refractivity contribution in [2.45, 2.75) is 11.8 Å². The molecule has 0 aliphatic carbocycles. The second-order valence-corrected chi connectivity index (χ2v) is 8.42. The van der Waals surface area contributed by atoms with Gasteiger partial charge >= 0.3 is 0 Å². The van der Waals surface area contributed by atoms with Crippen molar-refractivity contribution in [1.82, 2.24) is 0 Å². The van der Waals surface area contributed by atoms with E-state index in [-0.39, 0.29) is 10.6 Å². The third-order valence-corrected chi connectivity index (χ3v) is 6.82. The van der Waals surface area contributed by atoms with Gasteiger partial charge in [-0.1, -0.05) is 17.7 Å². The van der Waals surface area contributed by atoms with Crippen LogP contribution in [0, 0.1) is 6.92 Å². The molecule has 0 unspecified atom stereocenters. The van der Waals surface area contributed by atoms with Crippen molar-refractivity contribution in [2.24, 2.45) is 0 Å². The molecule has 0 saturated carbocycles. The number of hydrogen-bond donors (Lipinski definition) is 2. The summed E-state index contributed by atoms with van der Waals surface area (Å²) in [5, 5.41) is 9.76. The molecule has 2 aromatic rings. The zero-order chi connectivity index (χ0) is 15.8. The van der Waals surface area contributed by atoms with Crippen LogP contribution in [0.25, 0.3) is 0 Å². The molecule has 0 atom stereocenters. The second-order valence-electron chi connectivity index (χ2n) is 4.30. The van der Waals surface area contributed by atoms with Crippen LogP contribution in [0.2, 0.25) is 0 Å². The Morgan fingerprint density at radius 1 is 1.05 bits per heavy atom. The Labute approximate surface area is 148 Å². The van der Waals surface area contributed by atoms with Gasteiger partial charge in [0.25, 0.3) is 10.0 Å². The number of nitrogens with one attached hydrogen (secondary N) is 1. The number of phenols is 1. The molecular formula is C13H10Br3NO3S. The van der Waals surface area contributed by atoms with Crippen LogP contribution in [0.15, 0.2) is 48.6 Å². The lowest BCUT2D eigenvalue weighted by Gasteiger charge is -2.13. The summed E-state index contributed by atoms with van der Waals surface area (Å²) in [4.78, 5) is 0.167. The Morgan fingerprint density at radius 3 is 2.19 bits per heavy atom. The Kier molecular flexibility index (Phi) is 5.02. The topological polar surface area (TPSA) is 66.4 Å². The molecule has 0 aliphatic heterocycles. The molecule has 0 aromatic heterocycles. The van der Waals surface area contributed by atoms with Crippen molar-refractivity contribution in [3.05, 3.63) is 49.3 Å². The highest BCUT2D eigenvalue weighted by molar-refractivity contribution is 9.13. The fourth-order valence-corrected chi connectivity index (χ4v) is 4.30. The summed E-state index contributed by atoms with van der Waals surface area (Å²) in [5.74, 6) is -0.0137. The lowest BCUT2D eigenvalue weighted by atomic mass is 10.2. The number of phenolic OH excluding ortho intramolecular Hbond substituents is 1. The second kappa shape index (κ2) is 6.28. The molecule has 0 fully saturated rings. The van der Waals surface area contributed by atoms with Crippen molar-refractivity contribution in [2.75, 3.05) is 4.72 Å². The van der Waals surface area contributed by atoms with E-state index in [1.807, 2.05) is 6.92 Å². The van der Waals surface area contributed by atoms with E-state index in [1.54, 1.807) is 12.1 Å². The lowest BCUT2D eigenvalue weighted by Crippen LogP contribution is -2.13. The molecule has 8 heteroatoms. The van der Waals surface area contributed by atoms with E-state index in [0.29, 0.717) is 19.1 Å². The van der Waals surface area contributed by atoms with Gasteiger partial charge in [-0.25, -0.2) is 8.42 Å². The predicted octanol–water partition coefficient (Wildman–Crippen LogP) is 4.79. The van der Waals surface area contributed by atoms with Crippen molar-refractivity contribution < 1.29 is 13.5 Å². The summed E-state index contributed by atoms with van der Waals surface area (Å²) < 4.78 is 28.3. The molecule has 0 heterocycles. The number of sulfonamides is 1. The zero-order valence-electron chi connectivity index (χ0n) is 10.7. The van der Waals surface area contributed by atoms with Crippen LogP contribution in [-0.2, 0) is 10.0 Å². The summed E-state index contributed by atoms with van der Waals surface area (Å²) >= 11 is 9.61. The minimum atomic E-state index is -3.70. The highest BCUT2D eigenvalue weighted by atomic mass is 79.9. The van der Waals surface area contributed by atoms with Crippen LogP contribution in [0.1, 0.15) is 5.56 Å². The maximum absolute atomic E-state index is 12.3. The van der Waals surface area contributed by atoms with E-state index in [4.69, 9.17) is 0 Å². The first-order valence-corrected chi connectivity index (χ1v) is 9.54. The van der Waals surface area contributed by atoms with Crippen molar-refractivity contribution in [3.8, 4) is 5.75 Å². The average Bonchev–Trinajstić information content (AvgIpc) is 2.42. The highest BCUT2D eigenvalue weighted by Gasteiger charge is 2.19. The Balaban J connectivity index is 2.44. The van der Waals surface area contributed by atoms with Gasteiger partial charge in [0.15, 0.2) is 0 Å². The minimum absolute atomic E-state index is 0.0137. The molecule has 2 aromatic carbocycles. The quantitative estimate of drug-likeness (QED) is 0.471. The Morgan fingerprint density at radius 2 is 1.62 bits per heavy atom. The maximum atomic E-state index is 12.3. The fourth-order valence-electron chi connectivity index (χ4n) is 1.58. The standard InChI is InChI=1S/C13H10Br3NO3S/c1-7-2-4-8(5-3-7)21(19,20)17-10-6-9(14)13(18)12(16)11(10)15/h2-6,17-18H,1H3. The van der Waals surface area contributed by atoms with Gasteiger partial charge in [0.1, 0.15) is 5.75 Å². The summed E-state index contributed by atoms with van der Waals surface area (Å²) in [7, 11) is -3.70. The van der Waals surface area contributed by atoms with E-state index >= 15 is 0 Å². The number of hydrogen-bond acceptors (Lipinski definition) is 3. The molecule has 0 saturated heterocycles. The van der Waals surface area contributed by atoms with E-state index in [2.05, 4.69) is 52.5 Å². The summed E-state index contributed by atoms with van der Waals surface area (Å²) in [6.07, 6.45) is 0. The largest absolute Gasteiger partial charge is 0.506 e. The van der Waals surface area contributed by atoms with E-state index in [1.165, 1.54) is 18.2 Å². The Bertz CT molecular complexity index is 789. The number of rotatable bonds is 3. The smallest absolute Gasteiger partial charge is 0.261 e. The maximum Gasteiger partial charge on any atom is 0.261 e. The molecule has 0 amide bonds. The van der Waals surface area contributed by atoms with Crippen molar-refractivity contribution in [3.63, 3.8) is 0 Å². The molecule has 0 spiro atoms. The highest BCUT2D eigenvalue weighted by Crippen LogP contribution is 2.43. The van der Waals surface area contributed by atoms with Gasteiger partial charge in [0.05, 0.1) is 24.0 Å². The molecule has 4 nitrogen and oxygen atoms in total. The van der Waals surface area contributed by atoms with Crippen LogP contribution in [0.5, 0.6) is 5.75 Å². The first-order chi connectivity index (χ1) is 9.72. The van der Waals surface area contributed by atoms with Gasteiger partial charge in [0, 0.05) is 0 Å². The third-order valence-electron chi connectivity index (χ3n) is 2.71. The fraction of sp³-hybridized carbons (Fsp3) is 0.0769. The predicted molar refractivity (Wildman–Crippen MR) is 93.2 cm³/mol. The molecule has 112 valence electrons. The number of halogens is 3. The molecular weight excluding hydrogens is 490 g/mol. The number of anilines is 1. The summed E-state index contributed by atoms with van der Waals surface area (Å²) in [6.45, 7) is 1.88. The van der Waals surface area contributed by atoms with Gasteiger partial charge in [-0.15, -0.1) is 0 Å². The van der Waals surface area contributed by atoms with Gasteiger partial charge in [-0.2, -0.15) is 0 Å². The van der Waals surface area contributed by atoms with Gasteiger partial charge < -0.3 is 5.11 Å². The summed E-state index contributed by atoms with van der Waals surface area (Å²) in [6, 6.07) is 8.01. The van der Waals surface area contributed by atoms with Crippen molar-refractivity contribution in [1.29, 1.82) is 0 Å². The number of benzene rings is 2. The van der Waals surface area contributed by atoms with E-state index in [9.17, 15) is 13.5 Å². The average molecular weight is 500 g/mol. The Hall–Kier alpha value is -0.570. The van der Waals surface area contributed by atoms with Crippen LogP contribution >= 0.6 is 47.8 Å². The SMILES string of the molecule is Cc1ccc(S(=O)(=O)Nc2cc(Br)c(O)c(Br)c2Br)cc1. The van der Waals surface area contributed by atoms with E-state index in [0.717, 1.165) is 5.56 Å². The molecule has 0 aliphatic rings. The molecule has 0 radical (unpaired) electrons. The van der Waals surface area contributed by atoms with Crippen LogP contribution in [0.3, 0.4) is 0 Å². The van der Waals surface area contributed by atoms with Crippen LogP contribution in [-0.4, -0.2) is 13.5 Å². The molecule has 2 N–H and O–H groups in total. The lowest BCUT2D eigenvalue weighted by molar-refractivity contribution is 0.468. The van der Waals surface area contributed by atoms with Crippen LogP contribution < -0.4 is 4.72 Å². The number of aryl methyl sites for hydroxylation is 1. The first kappa shape index (κ1) is 16.8. The van der Waals surface area contributed by atoms with Crippen LogP contribution in [0.4, 0.5) is 5.69 Å². The monoisotopic (exact) mass is 497 g/mol. The number of aromatic hydroxyl groups is 1. The first-order valence-electron chi connectivity index (χ1n) is 5.68. The third kappa shape index (κ3) is 3.61. The minimum Gasteiger partial charge on any atom is -0.506 e. The summed E-state index contributed by atoms with van der Waals surface area (Å²) in [5.41, 5.74) is 1.29. The van der Waals surface area contributed by atoms with E-state index < -0.39 is 10.0 Å². The molecule has 0 bridgehead atoms. The van der Waals surface area contributed by atoms with Gasteiger partial charge in [0.2, 0.25) is 0 Å². The molecule has 21 heavy (non-hydrogen) atoms. The molecule has 2 rings (SSSR count). The van der Waals surface area contributed by atoms with Gasteiger partial charge in [-0.05, 0) is 72.9 Å². The zero-order valence-corrected chi connectivity index (χ0v) is 16.3.